The highest BCUT2D eigenvalue weighted by molar-refractivity contribution is 6.32. The molecule has 1 fully saturated rings. The van der Waals surface area contributed by atoms with Crippen LogP contribution in [0.4, 0.5) is 11.4 Å². The number of nitro benzene ring substituents is 1. The summed E-state index contributed by atoms with van der Waals surface area (Å²) in [6.07, 6.45) is 0. The van der Waals surface area contributed by atoms with Crippen LogP contribution >= 0.6 is 11.6 Å². The number of nitrogens with one attached hydrogen (secondary N) is 1. The molecule has 0 aromatic heterocycles. The number of rotatable bonds is 4. The highest BCUT2D eigenvalue weighted by atomic mass is 35.5. The third-order valence-electron chi connectivity index (χ3n) is 4.11. The van der Waals surface area contributed by atoms with Crippen molar-refractivity contribution < 1.29 is 19.2 Å². The summed E-state index contributed by atoms with van der Waals surface area (Å²) in [5.41, 5.74) is 0.384. The first kappa shape index (κ1) is 18.8. The van der Waals surface area contributed by atoms with Crippen LogP contribution in [0, 0.1) is 10.1 Å². The average Bonchev–Trinajstić information content (AvgIpc) is 2.68. The molecule has 2 amide bonds. The Labute approximate surface area is 159 Å². The molecule has 0 radical (unpaired) electrons. The number of morpholine rings is 1. The summed E-state index contributed by atoms with van der Waals surface area (Å²) < 4.78 is 5.25. The van der Waals surface area contributed by atoms with Gasteiger partial charge in [0.05, 0.1) is 29.4 Å². The van der Waals surface area contributed by atoms with E-state index in [2.05, 4.69) is 5.32 Å². The number of anilines is 1. The van der Waals surface area contributed by atoms with Gasteiger partial charge in [-0.05, 0) is 24.3 Å². The Morgan fingerprint density at radius 2 is 1.85 bits per heavy atom. The van der Waals surface area contributed by atoms with Crippen molar-refractivity contribution in [2.24, 2.45) is 0 Å². The summed E-state index contributed by atoms with van der Waals surface area (Å²) >= 11 is 5.78. The Kier molecular flexibility index (Phi) is 5.68. The Hall–Kier alpha value is -2.97. The molecule has 0 saturated carbocycles. The number of halogens is 1. The number of carbonyl (C=O) groups is 2. The zero-order valence-corrected chi connectivity index (χ0v) is 14.9. The summed E-state index contributed by atoms with van der Waals surface area (Å²) in [6, 6.07) is 10.4. The van der Waals surface area contributed by atoms with Crippen LogP contribution in [0.2, 0.25) is 5.02 Å². The molecule has 1 aliphatic heterocycles. The molecule has 0 bridgehead atoms. The maximum atomic E-state index is 12.7. The summed E-state index contributed by atoms with van der Waals surface area (Å²) in [5, 5.41) is 13.6. The van der Waals surface area contributed by atoms with Crippen LogP contribution in [-0.4, -0.2) is 47.9 Å². The van der Waals surface area contributed by atoms with Gasteiger partial charge in [-0.3, -0.25) is 19.7 Å². The van der Waals surface area contributed by atoms with E-state index < -0.39 is 10.8 Å². The van der Waals surface area contributed by atoms with Crippen LogP contribution in [0.15, 0.2) is 42.5 Å². The molecule has 140 valence electrons. The molecule has 0 spiro atoms. The Bertz CT molecular complexity index is 896. The highest BCUT2D eigenvalue weighted by Crippen LogP contribution is 2.26. The smallest absolute Gasteiger partial charge is 0.288 e. The average molecular weight is 390 g/mol. The quantitative estimate of drug-likeness (QED) is 0.639. The van der Waals surface area contributed by atoms with Crippen molar-refractivity contribution in [2.45, 2.75) is 0 Å². The minimum absolute atomic E-state index is 0.0561. The van der Waals surface area contributed by atoms with E-state index in [0.29, 0.717) is 37.6 Å². The van der Waals surface area contributed by atoms with Gasteiger partial charge < -0.3 is 15.0 Å². The predicted molar refractivity (Wildman–Crippen MR) is 99.2 cm³/mol. The van der Waals surface area contributed by atoms with Crippen molar-refractivity contribution in [3.05, 3.63) is 68.7 Å². The minimum atomic E-state index is -0.658. The van der Waals surface area contributed by atoms with E-state index >= 15 is 0 Å². The van der Waals surface area contributed by atoms with Crippen molar-refractivity contribution in [3.8, 4) is 0 Å². The van der Waals surface area contributed by atoms with Gasteiger partial charge in [-0.25, -0.2) is 0 Å². The molecule has 0 aliphatic carbocycles. The molecule has 1 N–H and O–H groups in total. The zero-order valence-electron chi connectivity index (χ0n) is 14.2. The Morgan fingerprint density at radius 1 is 1.15 bits per heavy atom. The van der Waals surface area contributed by atoms with E-state index in [-0.39, 0.29) is 22.2 Å². The molecule has 0 atom stereocenters. The normalized spacial score (nSPS) is 13.9. The van der Waals surface area contributed by atoms with Gasteiger partial charge in [-0.1, -0.05) is 23.7 Å². The van der Waals surface area contributed by atoms with Gasteiger partial charge in [0, 0.05) is 24.7 Å². The van der Waals surface area contributed by atoms with Gasteiger partial charge in [0.2, 0.25) is 0 Å². The first-order valence-electron chi connectivity index (χ1n) is 8.18. The maximum absolute atomic E-state index is 12.7. The molecule has 1 heterocycles. The monoisotopic (exact) mass is 389 g/mol. The van der Waals surface area contributed by atoms with Gasteiger partial charge in [0.1, 0.15) is 5.02 Å². The largest absolute Gasteiger partial charge is 0.378 e. The highest BCUT2D eigenvalue weighted by Gasteiger charge is 2.22. The molecular weight excluding hydrogens is 374 g/mol. The zero-order chi connectivity index (χ0) is 19.4. The molecule has 3 rings (SSSR count). The maximum Gasteiger partial charge on any atom is 0.288 e. The second kappa shape index (κ2) is 8.15. The van der Waals surface area contributed by atoms with Crippen molar-refractivity contribution in [2.75, 3.05) is 31.6 Å². The number of carbonyl (C=O) groups excluding carboxylic acids is 2. The summed E-state index contributed by atoms with van der Waals surface area (Å²) in [6.45, 7) is 1.89. The van der Waals surface area contributed by atoms with Gasteiger partial charge in [0.15, 0.2) is 0 Å². The lowest BCUT2D eigenvalue weighted by Crippen LogP contribution is -2.41. The molecule has 1 aliphatic rings. The number of nitro groups is 1. The number of hydrogen-bond donors (Lipinski definition) is 1. The first-order chi connectivity index (χ1) is 13.0. The number of nitrogens with zero attached hydrogens (tertiary/aromatic N) is 2. The topological polar surface area (TPSA) is 102 Å². The third-order valence-corrected chi connectivity index (χ3v) is 4.43. The lowest BCUT2D eigenvalue weighted by atomic mass is 10.1. The summed E-state index contributed by atoms with van der Waals surface area (Å²) in [4.78, 5) is 37.3. The Morgan fingerprint density at radius 3 is 2.56 bits per heavy atom. The summed E-state index contributed by atoms with van der Waals surface area (Å²) in [5.74, 6) is -0.784. The minimum Gasteiger partial charge on any atom is -0.378 e. The van der Waals surface area contributed by atoms with Gasteiger partial charge in [0.25, 0.3) is 17.5 Å². The van der Waals surface area contributed by atoms with Crippen molar-refractivity contribution >= 4 is 34.8 Å². The number of benzene rings is 2. The van der Waals surface area contributed by atoms with Crippen LogP contribution < -0.4 is 5.32 Å². The molecule has 2 aromatic rings. The molecule has 27 heavy (non-hydrogen) atoms. The first-order valence-corrected chi connectivity index (χ1v) is 8.56. The number of hydrogen-bond acceptors (Lipinski definition) is 5. The van der Waals surface area contributed by atoms with Crippen molar-refractivity contribution in [1.29, 1.82) is 0 Å². The van der Waals surface area contributed by atoms with Crippen LogP contribution in [0.3, 0.4) is 0 Å². The molecule has 1 saturated heterocycles. The van der Waals surface area contributed by atoms with Crippen molar-refractivity contribution in [1.82, 2.24) is 4.90 Å². The lowest BCUT2D eigenvalue weighted by Gasteiger charge is -2.27. The van der Waals surface area contributed by atoms with E-state index in [4.69, 9.17) is 16.3 Å². The second-order valence-electron chi connectivity index (χ2n) is 5.83. The predicted octanol–water partition coefficient (Wildman–Crippen LogP) is 2.97. The fraction of sp³-hybridized carbons (Fsp3) is 0.222. The van der Waals surface area contributed by atoms with E-state index in [1.54, 1.807) is 29.2 Å². The number of amides is 2. The lowest BCUT2D eigenvalue weighted by molar-refractivity contribution is -0.384. The standard InChI is InChI=1S/C18H16ClN3O5/c19-14-6-5-12(11-16(14)22(25)26)17(23)20-15-4-2-1-3-13(15)18(24)21-7-9-27-10-8-21/h1-6,11H,7-10H2,(H,20,23). The van der Waals surface area contributed by atoms with E-state index in [9.17, 15) is 19.7 Å². The summed E-state index contributed by atoms with van der Waals surface area (Å²) in [7, 11) is 0. The SMILES string of the molecule is O=C(Nc1ccccc1C(=O)N1CCOCC1)c1ccc(Cl)c([N+](=O)[O-])c1. The molecule has 0 unspecified atom stereocenters. The van der Waals surface area contributed by atoms with E-state index in [0.717, 1.165) is 6.07 Å². The fourth-order valence-corrected chi connectivity index (χ4v) is 2.89. The Balaban J connectivity index is 1.84. The molecule has 8 nitrogen and oxygen atoms in total. The fourth-order valence-electron chi connectivity index (χ4n) is 2.70. The molecule has 9 heteroatoms. The number of para-hydroxylation sites is 1. The third kappa shape index (κ3) is 4.24. The van der Waals surface area contributed by atoms with Crippen LogP contribution in [0.5, 0.6) is 0 Å². The van der Waals surface area contributed by atoms with E-state index in [1.807, 2.05) is 0 Å². The van der Waals surface area contributed by atoms with Gasteiger partial charge >= 0.3 is 0 Å². The van der Waals surface area contributed by atoms with Crippen LogP contribution in [-0.2, 0) is 4.74 Å². The van der Waals surface area contributed by atoms with Crippen LogP contribution in [0.1, 0.15) is 20.7 Å². The van der Waals surface area contributed by atoms with Gasteiger partial charge in [-0.2, -0.15) is 0 Å². The van der Waals surface area contributed by atoms with E-state index in [1.165, 1.54) is 12.1 Å². The van der Waals surface area contributed by atoms with Gasteiger partial charge in [-0.15, -0.1) is 0 Å². The van der Waals surface area contributed by atoms with Crippen LogP contribution in [0.25, 0.3) is 0 Å². The molecule has 2 aromatic carbocycles. The molecular formula is C18H16ClN3O5. The second-order valence-corrected chi connectivity index (χ2v) is 6.23. The number of ether oxygens (including phenoxy) is 1. The van der Waals surface area contributed by atoms with Crippen molar-refractivity contribution in [3.63, 3.8) is 0 Å².